The second kappa shape index (κ2) is 9.22. The zero-order chi connectivity index (χ0) is 24.6. The lowest BCUT2D eigenvalue weighted by Crippen LogP contribution is -2.51. The fourth-order valence-electron chi connectivity index (χ4n) is 4.07. The third-order valence-electron chi connectivity index (χ3n) is 6.08. The molecule has 0 aromatic heterocycles. The van der Waals surface area contributed by atoms with Crippen LogP contribution in [0.15, 0.2) is 41.3 Å². The predicted molar refractivity (Wildman–Crippen MR) is 125 cm³/mol. The molecule has 2 amide bonds. The van der Waals surface area contributed by atoms with Crippen LogP contribution in [0.3, 0.4) is 0 Å². The summed E-state index contributed by atoms with van der Waals surface area (Å²) in [5, 5.41) is 2.69. The highest BCUT2D eigenvalue weighted by Crippen LogP contribution is 2.35. The highest BCUT2D eigenvalue weighted by molar-refractivity contribution is 7.89. The number of nitrogens with zero attached hydrogens (tertiary/aromatic N) is 3. The molecule has 1 atom stereocenters. The number of nitrogens with one attached hydrogen (secondary N) is 1. The maximum absolute atomic E-state index is 14.0. The first-order chi connectivity index (χ1) is 16.1. The lowest BCUT2D eigenvalue weighted by molar-refractivity contribution is -0.131. The number of hydrogen-bond acceptors (Lipinski definition) is 6. The summed E-state index contributed by atoms with van der Waals surface area (Å²) in [6.07, 6.45) is -0.743. The van der Waals surface area contributed by atoms with Gasteiger partial charge >= 0.3 is 0 Å². The molecular weight excluding hydrogens is 463 g/mol. The number of rotatable bonds is 5. The normalized spacial score (nSPS) is 18.4. The third kappa shape index (κ3) is 4.58. The molecule has 4 rings (SSSR count). The topological polar surface area (TPSA) is 99.3 Å². The van der Waals surface area contributed by atoms with E-state index in [4.69, 9.17) is 4.74 Å². The van der Waals surface area contributed by atoms with E-state index in [1.54, 1.807) is 43.0 Å². The van der Waals surface area contributed by atoms with Gasteiger partial charge < -0.3 is 19.9 Å². The van der Waals surface area contributed by atoms with E-state index >= 15 is 0 Å². The number of carbonyl (C=O) groups excluding carboxylic acids is 2. The van der Waals surface area contributed by atoms with Crippen LogP contribution in [0, 0.1) is 12.7 Å². The number of sulfonamides is 1. The molecule has 0 spiro atoms. The zero-order valence-corrected chi connectivity index (χ0v) is 20.1. The Bertz CT molecular complexity index is 1230. The minimum Gasteiger partial charge on any atom is -0.479 e. The summed E-state index contributed by atoms with van der Waals surface area (Å²) in [6.45, 7) is 4.50. The number of halogens is 1. The smallest absolute Gasteiger partial charge is 0.265 e. The summed E-state index contributed by atoms with van der Waals surface area (Å²) in [5.41, 5.74) is 1.32. The molecule has 1 unspecified atom stereocenters. The number of carbonyl (C=O) groups is 2. The lowest BCUT2D eigenvalue weighted by atomic mass is 10.1. The number of fused-ring (bicyclic) bond motifs is 1. The molecule has 1 saturated heterocycles. The van der Waals surface area contributed by atoms with Gasteiger partial charge in [0.15, 0.2) is 6.10 Å². The summed E-state index contributed by atoms with van der Waals surface area (Å²) in [6, 6.07) is 9.41. The second-order valence-electron chi connectivity index (χ2n) is 8.44. The Labute approximate surface area is 198 Å². The van der Waals surface area contributed by atoms with E-state index in [1.807, 2.05) is 4.90 Å². The summed E-state index contributed by atoms with van der Waals surface area (Å²) in [5.74, 6) is -0.681. The Morgan fingerprint density at radius 1 is 1.21 bits per heavy atom. The first-order valence-electron chi connectivity index (χ1n) is 10.9. The van der Waals surface area contributed by atoms with E-state index in [-0.39, 0.29) is 34.8 Å². The molecule has 2 aromatic rings. The second-order valence-corrected chi connectivity index (χ2v) is 10.5. The predicted octanol–water partition coefficient (Wildman–Crippen LogP) is 1.82. The molecule has 2 heterocycles. The van der Waals surface area contributed by atoms with E-state index in [0.717, 1.165) is 4.31 Å². The van der Waals surface area contributed by atoms with Gasteiger partial charge in [-0.25, -0.2) is 12.8 Å². The van der Waals surface area contributed by atoms with Crippen molar-refractivity contribution in [3.63, 3.8) is 0 Å². The molecule has 0 aliphatic carbocycles. The first kappa shape index (κ1) is 24.0. The van der Waals surface area contributed by atoms with Gasteiger partial charge in [-0.2, -0.15) is 4.31 Å². The summed E-state index contributed by atoms with van der Waals surface area (Å²) < 4.78 is 47.1. The number of amides is 2. The lowest BCUT2D eigenvalue weighted by Gasteiger charge is -2.36. The fraction of sp³-hybridized carbons (Fsp3) is 0.391. The molecule has 11 heteroatoms. The minimum atomic E-state index is -3.99. The quantitative estimate of drug-likeness (QED) is 0.687. The van der Waals surface area contributed by atoms with Gasteiger partial charge in [-0.1, -0.05) is 12.1 Å². The van der Waals surface area contributed by atoms with Gasteiger partial charge in [0, 0.05) is 39.3 Å². The van der Waals surface area contributed by atoms with Crippen LogP contribution in [0.2, 0.25) is 0 Å². The van der Waals surface area contributed by atoms with Crippen molar-refractivity contribution in [1.29, 1.82) is 0 Å². The summed E-state index contributed by atoms with van der Waals surface area (Å²) in [4.78, 5) is 28.1. The highest BCUT2D eigenvalue weighted by Gasteiger charge is 2.31. The number of ether oxygens (including phenoxy) is 1. The Morgan fingerprint density at radius 2 is 1.88 bits per heavy atom. The van der Waals surface area contributed by atoms with E-state index in [2.05, 4.69) is 5.32 Å². The van der Waals surface area contributed by atoms with Crippen molar-refractivity contribution >= 4 is 33.2 Å². The summed E-state index contributed by atoms with van der Waals surface area (Å²) in [7, 11) is -2.64. The van der Waals surface area contributed by atoms with Crippen LogP contribution in [0.1, 0.15) is 12.5 Å². The van der Waals surface area contributed by atoms with Crippen molar-refractivity contribution in [3.05, 3.63) is 47.8 Å². The van der Waals surface area contributed by atoms with Gasteiger partial charge in [-0.3, -0.25) is 9.59 Å². The van der Waals surface area contributed by atoms with Crippen molar-refractivity contribution in [3.8, 4) is 5.75 Å². The van der Waals surface area contributed by atoms with Crippen LogP contribution in [-0.4, -0.2) is 75.3 Å². The molecule has 1 N–H and O–H groups in total. The fourth-order valence-corrected chi connectivity index (χ4v) is 5.41. The minimum absolute atomic E-state index is 0.00858. The Hall–Kier alpha value is -3.18. The number of benzene rings is 2. The number of anilines is 2. The van der Waals surface area contributed by atoms with Crippen molar-refractivity contribution in [1.82, 2.24) is 9.21 Å². The van der Waals surface area contributed by atoms with Gasteiger partial charge in [0.1, 0.15) is 11.6 Å². The van der Waals surface area contributed by atoms with E-state index in [9.17, 15) is 22.4 Å². The summed E-state index contributed by atoms with van der Waals surface area (Å²) >= 11 is 0. The van der Waals surface area contributed by atoms with Crippen LogP contribution in [-0.2, 0) is 19.6 Å². The Morgan fingerprint density at radius 3 is 2.56 bits per heavy atom. The first-order valence-corrected chi connectivity index (χ1v) is 12.4. The van der Waals surface area contributed by atoms with Gasteiger partial charge in [-0.05, 0) is 37.6 Å². The van der Waals surface area contributed by atoms with Crippen molar-refractivity contribution in [2.45, 2.75) is 24.8 Å². The molecule has 9 nitrogen and oxygen atoms in total. The van der Waals surface area contributed by atoms with Gasteiger partial charge in [0.2, 0.25) is 15.9 Å². The van der Waals surface area contributed by atoms with Crippen LogP contribution in [0.5, 0.6) is 5.75 Å². The van der Waals surface area contributed by atoms with Crippen molar-refractivity contribution in [2.75, 3.05) is 50.0 Å². The third-order valence-corrected chi connectivity index (χ3v) is 8.03. The molecule has 1 fully saturated rings. The van der Waals surface area contributed by atoms with Crippen molar-refractivity contribution in [2.24, 2.45) is 0 Å². The SMILES string of the molecule is Cc1cc2c(cc1S(=O)(=O)N(C)CC(=O)N1CCN(c3ccccc3F)CC1)OC(C)C(=O)N2. The van der Waals surface area contributed by atoms with Crippen LogP contribution in [0.4, 0.5) is 15.8 Å². The van der Waals surface area contributed by atoms with Crippen LogP contribution >= 0.6 is 0 Å². The zero-order valence-electron chi connectivity index (χ0n) is 19.2. The molecular formula is C23H27FN4O5S. The van der Waals surface area contributed by atoms with Gasteiger partial charge in [0.25, 0.3) is 5.91 Å². The molecule has 0 bridgehead atoms. The maximum atomic E-state index is 14.0. The molecule has 2 aliphatic heterocycles. The largest absolute Gasteiger partial charge is 0.479 e. The number of para-hydroxylation sites is 1. The van der Waals surface area contributed by atoms with E-state index in [0.29, 0.717) is 43.1 Å². The molecule has 2 aliphatic rings. The molecule has 2 aromatic carbocycles. The van der Waals surface area contributed by atoms with Crippen LogP contribution in [0.25, 0.3) is 0 Å². The molecule has 0 radical (unpaired) electrons. The number of likely N-dealkylation sites (N-methyl/N-ethyl adjacent to an activating group) is 1. The molecule has 0 saturated carbocycles. The standard InChI is InChI=1S/C23H27FN4O5S/c1-15-12-18-20(33-16(2)23(30)25-18)13-21(15)34(31,32)26(3)14-22(29)28-10-8-27(9-11-28)19-7-5-4-6-17(19)24/h4-7,12-13,16H,8-11,14H2,1-3H3,(H,25,30). The van der Waals surface area contributed by atoms with E-state index in [1.165, 1.54) is 19.2 Å². The monoisotopic (exact) mass is 490 g/mol. The van der Waals surface area contributed by atoms with Gasteiger partial charge in [-0.15, -0.1) is 0 Å². The number of piperazine rings is 1. The van der Waals surface area contributed by atoms with Crippen molar-refractivity contribution < 1.29 is 27.1 Å². The Kier molecular flexibility index (Phi) is 6.50. The highest BCUT2D eigenvalue weighted by atomic mass is 32.2. The number of hydrogen-bond donors (Lipinski definition) is 1. The van der Waals surface area contributed by atoms with Crippen LogP contribution < -0.4 is 15.0 Å². The maximum Gasteiger partial charge on any atom is 0.265 e. The number of aryl methyl sites for hydroxylation is 1. The molecule has 34 heavy (non-hydrogen) atoms. The average molecular weight is 491 g/mol. The molecule has 182 valence electrons. The van der Waals surface area contributed by atoms with Gasteiger partial charge in [0.05, 0.1) is 22.8 Å². The van der Waals surface area contributed by atoms with E-state index < -0.39 is 16.1 Å². The average Bonchev–Trinajstić information content (AvgIpc) is 2.80. The Balaban J connectivity index is 1.43.